The van der Waals surface area contributed by atoms with Crippen molar-refractivity contribution in [3.63, 3.8) is 0 Å². The Hall–Kier alpha value is -2.90. The van der Waals surface area contributed by atoms with Crippen molar-refractivity contribution in [2.24, 2.45) is 0 Å². The molecule has 6 nitrogen and oxygen atoms in total. The standard InChI is InChI=1S/C21H22N2O4S/c1-3-27-20-11-12-21(19-10-5-4-9-18(19)20)28(25,26)22-14-16-7-6-8-17(13-16)23-15(2)24/h4-13,22H,3,14H2,1-2H3,(H,23,24). The number of benzene rings is 3. The van der Waals surface area contributed by atoms with Crippen LogP contribution in [-0.2, 0) is 21.4 Å². The summed E-state index contributed by atoms with van der Waals surface area (Å²) in [4.78, 5) is 11.4. The van der Waals surface area contributed by atoms with E-state index in [9.17, 15) is 13.2 Å². The summed E-state index contributed by atoms with van der Waals surface area (Å²) in [6.45, 7) is 3.92. The smallest absolute Gasteiger partial charge is 0.241 e. The Labute approximate surface area is 164 Å². The van der Waals surface area contributed by atoms with Gasteiger partial charge in [-0.05, 0) is 36.8 Å². The number of hydrogen-bond acceptors (Lipinski definition) is 4. The van der Waals surface area contributed by atoms with Crippen LogP contribution in [0.3, 0.4) is 0 Å². The van der Waals surface area contributed by atoms with Crippen LogP contribution in [0.2, 0.25) is 0 Å². The Kier molecular flexibility index (Phi) is 5.96. The molecule has 0 aliphatic carbocycles. The molecule has 0 unspecified atom stereocenters. The van der Waals surface area contributed by atoms with Crippen molar-refractivity contribution in [1.29, 1.82) is 0 Å². The molecule has 0 spiro atoms. The first-order valence-corrected chi connectivity index (χ1v) is 10.4. The van der Waals surface area contributed by atoms with Gasteiger partial charge in [0.05, 0.1) is 11.5 Å². The van der Waals surface area contributed by atoms with Crippen LogP contribution < -0.4 is 14.8 Å². The average molecular weight is 398 g/mol. The van der Waals surface area contributed by atoms with E-state index in [2.05, 4.69) is 10.0 Å². The van der Waals surface area contributed by atoms with Crippen LogP contribution in [0, 0.1) is 0 Å². The number of nitrogens with one attached hydrogen (secondary N) is 2. The topological polar surface area (TPSA) is 84.5 Å². The molecule has 0 heterocycles. The summed E-state index contributed by atoms with van der Waals surface area (Å²) in [5, 5.41) is 4.04. The molecule has 0 radical (unpaired) electrons. The maximum atomic E-state index is 12.9. The molecule has 3 aromatic rings. The molecule has 0 bridgehead atoms. The van der Waals surface area contributed by atoms with E-state index in [0.29, 0.717) is 23.4 Å². The van der Waals surface area contributed by atoms with Crippen molar-refractivity contribution in [1.82, 2.24) is 4.72 Å². The van der Waals surface area contributed by atoms with Gasteiger partial charge in [-0.1, -0.05) is 36.4 Å². The summed E-state index contributed by atoms with van der Waals surface area (Å²) in [5.74, 6) is 0.471. The fourth-order valence-corrected chi connectivity index (χ4v) is 4.20. The van der Waals surface area contributed by atoms with Crippen molar-refractivity contribution >= 4 is 32.4 Å². The Bertz CT molecular complexity index is 1110. The molecule has 0 saturated heterocycles. The Balaban J connectivity index is 1.88. The Morgan fingerprint density at radius 2 is 1.75 bits per heavy atom. The molecule has 3 aromatic carbocycles. The van der Waals surface area contributed by atoms with Gasteiger partial charge < -0.3 is 10.1 Å². The average Bonchev–Trinajstić information content (AvgIpc) is 2.66. The fraction of sp³-hybridized carbons (Fsp3) is 0.190. The molecular weight excluding hydrogens is 376 g/mol. The van der Waals surface area contributed by atoms with Gasteiger partial charge in [0.1, 0.15) is 5.75 Å². The quantitative estimate of drug-likeness (QED) is 0.636. The van der Waals surface area contributed by atoms with Gasteiger partial charge in [0, 0.05) is 29.9 Å². The summed E-state index contributed by atoms with van der Waals surface area (Å²) in [7, 11) is -3.75. The molecule has 3 rings (SSSR count). The van der Waals surface area contributed by atoms with Crippen molar-refractivity contribution in [3.8, 4) is 5.75 Å². The molecule has 0 aromatic heterocycles. The molecule has 1 amide bonds. The third-order valence-corrected chi connectivity index (χ3v) is 5.61. The Morgan fingerprint density at radius 1 is 1.00 bits per heavy atom. The van der Waals surface area contributed by atoms with Gasteiger partial charge in [0.25, 0.3) is 0 Å². The number of rotatable bonds is 7. The minimum Gasteiger partial charge on any atom is -0.493 e. The first-order valence-electron chi connectivity index (χ1n) is 8.91. The van der Waals surface area contributed by atoms with Gasteiger partial charge in [-0.15, -0.1) is 0 Å². The van der Waals surface area contributed by atoms with Gasteiger partial charge in [0.15, 0.2) is 0 Å². The monoisotopic (exact) mass is 398 g/mol. The highest BCUT2D eigenvalue weighted by molar-refractivity contribution is 7.89. The van der Waals surface area contributed by atoms with E-state index in [4.69, 9.17) is 4.74 Å². The highest BCUT2D eigenvalue weighted by atomic mass is 32.2. The van der Waals surface area contributed by atoms with E-state index in [1.54, 1.807) is 48.5 Å². The van der Waals surface area contributed by atoms with Crippen molar-refractivity contribution < 1.29 is 17.9 Å². The number of ether oxygens (including phenoxy) is 1. The van der Waals surface area contributed by atoms with E-state index in [0.717, 1.165) is 10.9 Å². The lowest BCUT2D eigenvalue weighted by Gasteiger charge is -2.13. The molecule has 0 saturated carbocycles. The summed E-state index contributed by atoms with van der Waals surface area (Å²) < 4.78 is 34.1. The van der Waals surface area contributed by atoms with E-state index in [1.165, 1.54) is 6.92 Å². The van der Waals surface area contributed by atoms with Crippen LogP contribution in [0.4, 0.5) is 5.69 Å². The molecule has 7 heteroatoms. The van der Waals surface area contributed by atoms with E-state index >= 15 is 0 Å². The number of fused-ring (bicyclic) bond motifs is 1. The van der Waals surface area contributed by atoms with E-state index in [1.807, 2.05) is 19.1 Å². The van der Waals surface area contributed by atoms with Crippen molar-refractivity contribution in [2.45, 2.75) is 25.3 Å². The predicted octanol–water partition coefficient (Wildman–Crippen LogP) is 3.68. The second-order valence-corrected chi connectivity index (χ2v) is 7.98. The number of sulfonamides is 1. The second kappa shape index (κ2) is 8.41. The van der Waals surface area contributed by atoms with Crippen LogP contribution in [0.25, 0.3) is 10.8 Å². The molecule has 146 valence electrons. The Morgan fingerprint density at radius 3 is 2.46 bits per heavy atom. The minimum atomic E-state index is -3.75. The van der Waals surface area contributed by atoms with Crippen molar-refractivity contribution in [3.05, 3.63) is 66.2 Å². The normalized spacial score (nSPS) is 11.4. The van der Waals surface area contributed by atoms with Gasteiger partial charge in [-0.25, -0.2) is 13.1 Å². The largest absolute Gasteiger partial charge is 0.493 e. The fourth-order valence-electron chi connectivity index (χ4n) is 2.98. The SMILES string of the molecule is CCOc1ccc(S(=O)(=O)NCc2cccc(NC(C)=O)c2)c2ccccc12. The molecule has 0 atom stereocenters. The number of carbonyl (C=O) groups is 1. The number of anilines is 1. The molecular formula is C21H22N2O4S. The van der Waals surface area contributed by atoms with Crippen LogP contribution in [-0.4, -0.2) is 20.9 Å². The maximum absolute atomic E-state index is 12.9. The third kappa shape index (κ3) is 4.49. The minimum absolute atomic E-state index is 0.108. The number of carbonyl (C=O) groups excluding carboxylic acids is 1. The van der Waals surface area contributed by atoms with E-state index < -0.39 is 10.0 Å². The zero-order chi connectivity index (χ0) is 20.1. The summed E-state index contributed by atoms with van der Waals surface area (Å²) in [5.41, 5.74) is 1.36. The molecule has 2 N–H and O–H groups in total. The molecule has 28 heavy (non-hydrogen) atoms. The molecule has 0 fully saturated rings. The summed E-state index contributed by atoms with van der Waals surface area (Å²) >= 11 is 0. The van der Waals surface area contributed by atoms with E-state index in [-0.39, 0.29) is 17.3 Å². The first kappa shape index (κ1) is 19.9. The number of hydrogen-bond donors (Lipinski definition) is 2. The number of amides is 1. The molecule has 0 aliphatic rings. The van der Waals surface area contributed by atoms with Crippen LogP contribution >= 0.6 is 0 Å². The lowest BCUT2D eigenvalue weighted by Crippen LogP contribution is -2.23. The second-order valence-electron chi connectivity index (χ2n) is 6.25. The predicted molar refractivity (Wildman–Crippen MR) is 110 cm³/mol. The zero-order valence-electron chi connectivity index (χ0n) is 15.7. The van der Waals surface area contributed by atoms with Crippen LogP contribution in [0.15, 0.2) is 65.6 Å². The lowest BCUT2D eigenvalue weighted by atomic mass is 10.1. The van der Waals surface area contributed by atoms with Crippen LogP contribution in [0.1, 0.15) is 19.4 Å². The lowest BCUT2D eigenvalue weighted by molar-refractivity contribution is -0.114. The highest BCUT2D eigenvalue weighted by Gasteiger charge is 2.19. The third-order valence-electron chi connectivity index (χ3n) is 4.15. The first-order chi connectivity index (χ1) is 13.4. The maximum Gasteiger partial charge on any atom is 0.241 e. The van der Waals surface area contributed by atoms with Gasteiger partial charge in [-0.2, -0.15) is 0 Å². The summed E-state index contributed by atoms with van der Waals surface area (Å²) in [6, 6.07) is 17.5. The van der Waals surface area contributed by atoms with Gasteiger partial charge >= 0.3 is 0 Å². The van der Waals surface area contributed by atoms with Crippen LogP contribution in [0.5, 0.6) is 5.75 Å². The molecule has 0 aliphatic heterocycles. The summed E-state index contributed by atoms with van der Waals surface area (Å²) in [6.07, 6.45) is 0. The van der Waals surface area contributed by atoms with Gasteiger partial charge in [-0.3, -0.25) is 4.79 Å². The van der Waals surface area contributed by atoms with Gasteiger partial charge in [0.2, 0.25) is 15.9 Å². The zero-order valence-corrected chi connectivity index (χ0v) is 16.5. The highest BCUT2D eigenvalue weighted by Crippen LogP contribution is 2.31. The van der Waals surface area contributed by atoms with Crippen molar-refractivity contribution in [2.75, 3.05) is 11.9 Å².